The van der Waals surface area contributed by atoms with E-state index in [-0.39, 0.29) is 0 Å². The van der Waals surface area contributed by atoms with E-state index in [1.54, 1.807) is 0 Å². The van der Waals surface area contributed by atoms with Crippen molar-refractivity contribution in [1.82, 2.24) is 5.16 Å². The zero-order valence-electron chi connectivity index (χ0n) is 7.40. The zero-order chi connectivity index (χ0) is 11.9. The van der Waals surface area contributed by atoms with Crippen LogP contribution in [0.15, 0.2) is 16.9 Å². The molecule has 16 heavy (non-hydrogen) atoms. The molecule has 2 aromatic rings. The fraction of sp³-hybridized carbons (Fsp3) is 0. The highest BCUT2D eigenvalue weighted by atomic mass is 19.2. The van der Waals surface area contributed by atoms with Gasteiger partial charge in [0.05, 0.1) is 5.56 Å². The minimum atomic E-state index is -2.21. The Labute approximate surface area is 85.3 Å². The molecular weight excluding hydrogens is 233 g/mol. The molecule has 0 unspecified atom stereocenters. The van der Waals surface area contributed by atoms with Gasteiger partial charge in [0, 0.05) is 6.07 Å². The molecule has 2 rings (SSSR count). The van der Waals surface area contributed by atoms with Crippen molar-refractivity contribution in [3.05, 3.63) is 41.4 Å². The normalized spacial score (nSPS) is 10.8. The molecule has 2 nitrogen and oxygen atoms in total. The minimum Gasteiger partial charge on any atom is -0.364 e. The van der Waals surface area contributed by atoms with Crippen LogP contribution in [0.5, 0.6) is 0 Å². The fourth-order valence-electron chi connectivity index (χ4n) is 1.17. The molecule has 0 fully saturated rings. The number of benzene rings is 1. The molecule has 0 aliphatic carbocycles. The van der Waals surface area contributed by atoms with Crippen LogP contribution in [-0.4, -0.2) is 5.16 Å². The Bertz CT molecular complexity index is 508. The van der Waals surface area contributed by atoms with E-state index in [1.165, 1.54) is 0 Å². The summed E-state index contributed by atoms with van der Waals surface area (Å²) in [7, 11) is 0. The molecule has 0 N–H and O–H groups in total. The number of nitrogens with zero attached hydrogens (tertiary/aromatic N) is 1. The quantitative estimate of drug-likeness (QED) is 0.431. The van der Waals surface area contributed by atoms with Gasteiger partial charge >= 0.3 is 0 Å². The average molecular weight is 235 g/mol. The standard InChI is InChI=1S/C9H2F5NO/c10-5-4(3-1-2-16-15-3)6(11)8(13)9(14)7(5)12/h1-2H. The maximum Gasteiger partial charge on any atom is 0.200 e. The van der Waals surface area contributed by atoms with Gasteiger partial charge in [0.25, 0.3) is 0 Å². The first-order valence-corrected chi connectivity index (χ1v) is 3.96. The second-order valence-electron chi connectivity index (χ2n) is 2.83. The average Bonchev–Trinajstić information content (AvgIpc) is 2.77. The minimum absolute atomic E-state index is 0.465. The Balaban J connectivity index is 2.81. The van der Waals surface area contributed by atoms with Crippen molar-refractivity contribution < 1.29 is 26.5 Å². The predicted octanol–water partition coefficient (Wildman–Crippen LogP) is 3.04. The van der Waals surface area contributed by atoms with E-state index in [9.17, 15) is 22.0 Å². The van der Waals surface area contributed by atoms with Crippen molar-refractivity contribution in [3.63, 3.8) is 0 Å². The summed E-state index contributed by atoms with van der Waals surface area (Å²) in [5.74, 6) is -10.1. The van der Waals surface area contributed by atoms with E-state index in [1.807, 2.05) is 0 Å². The summed E-state index contributed by atoms with van der Waals surface area (Å²) in [6, 6.07) is 0.984. The third-order valence-corrected chi connectivity index (χ3v) is 1.90. The summed E-state index contributed by atoms with van der Waals surface area (Å²) in [4.78, 5) is 0. The van der Waals surface area contributed by atoms with Crippen molar-refractivity contribution in [2.75, 3.05) is 0 Å². The van der Waals surface area contributed by atoms with Crippen molar-refractivity contribution in [2.45, 2.75) is 0 Å². The lowest BCUT2D eigenvalue weighted by Gasteiger charge is -2.04. The molecule has 0 atom stereocenters. The van der Waals surface area contributed by atoms with Gasteiger partial charge in [0.2, 0.25) is 5.82 Å². The monoisotopic (exact) mass is 235 g/mol. The summed E-state index contributed by atoms with van der Waals surface area (Å²) in [6.45, 7) is 0. The van der Waals surface area contributed by atoms with Gasteiger partial charge < -0.3 is 4.52 Å². The van der Waals surface area contributed by atoms with Gasteiger partial charge in [-0.15, -0.1) is 0 Å². The number of hydrogen-bond donors (Lipinski definition) is 0. The van der Waals surface area contributed by atoms with E-state index >= 15 is 0 Å². The molecule has 7 heteroatoms. The topological polar surface area (TPSA) is 26.0 Å². The van der Waals surface area contributed by atoms with Gasteiger partial charge in [-0.2, -0.15) is 0 Å². The van der Waals surface area contributed by atoms with Crippen LogP contribution in [0.4, 0.5) is 22.0 Å². The lowest BCUT2D eigenvalue weighted by molar-refractivity contribution is 0.379. The number of halogens is 5. The third-order valence-electron chi connectivity index (χ3n) is 1.90. The summed E-state index contributed by atoms with van der Waals surface area (Å²) in [5, 5.41) is 3.11. The SMILES string of the molecule is Fc1c(F)c(F)c(-c2ccon2)c(F)c1F. The Morgan fingerprint density at radius 1 is 0.812 bits per heavy atom. The van der Waals surface area contributed by atoms with Gasteiger partial charge in [-0.25, -0.2) is 22.0 Å². The summed E-state index contributed by atoms with van der Waals surface area (Å²) in [6.07, 6.45) is 0.952. The first-order valence-electron chi connectivity index (χ1n) is 3.96. The van der Waals surface area contributed by atoms with Crippen LogP contribution in [0.3, 0.4) is 0 Å². The number of aromatic nitrogens is 1. The molecule has 0 aliphatic rings. The summed E-state index contributed by atoms with van der Waals surface area (Å²) >= 11 is 0. The maximum absolute atomic E-state index is 13.2. The molecule has 0 radical (unpaired) electrons. The highest BCUT2D eigenvalue weighted by Crippen LogP contribution is 2.30. The number of rotatable bonds is 1. The van der Waals surface area contributed by atoms with E-state index in [4.69, 9.17) is 0 Å². The molecule has 0 saturated carbocycles. The van der Waals surface area contributed by atoms with Crippen LogP contribution in [-0.2, 0) is 0 Å². The van der Waals surface area contributed by atoms with Crippen LogP contribution in [0.25, 0.3) is 11.3 Å². The van der Waals surface area contributed by atoms with E-state index in [0.717, 1.165) is 12.3 Å². The first kappa shape index (κ1) is 10.6. The second kappa shape index (κ2) is 3.58. The van der Waals surface area contributed by atoms with Crippen LogP contribution in [0.1, 0.15) is 0 Å². The Hall–Kier alpha value is -1.92. The smallest absolute Gasteiger partial charge is 0.200 e. The van der Waals surface area contributed by atoms with E-state index in [2.05, 4.69) is 9.68 Å². The van der Waals surface area contributed by atoms with E-state index < -0.39 is 40.3 Å². The van der Waals surface area contributed by atoms with Crippen molar-refractivity contribution in [2.24, 2.45) is 0 Å². The van der Waals surface area contributed by atoms with Crippen LogP contribution < -0.4 is 0 Å². The summed E-state index contributed by atoms with van der Waals surface area (Å²) < 4.78 is 68.8. The van der Waals surface area contributed by atoms with Crippen molar-refractivity contribution in [1.29, 1.82) is 0 Å². The van der Waals surface area contributed by atoms with Crippen LogP contribution in [0.2, 0.25) is 0 Å². The number of hydrogen-bond acceptors (Lipinski definition) is 2. The molecule has 1 aromatic carbocycles. The van der Waals surface area contributed by atoms with Gasteiger partial charge in [0.15, 0.2) is 23.3 Å². The van der Waals surface area contributed by atoms with Crippen LogP contribution >= 0.6 is 0 Å². The third kappa shape index (κ3) is 1.36. The second-order valence-corrected chi connectivity index (χ2v) is 2.83. The summed E-state index contributed by atoms with van der Waals surface area (Å²) in [5.41, 5.74) is -1.57. The molecule has 1 aromatic heterocycles. The Morgan fingerprint density at radius 2 is 1.31 bits per heavy atom. The van der Waals surface area contributed by atoms with Gasteiger partial charge in [0.1, 0.15) is 12.0 Å². The Morgan fingerprint density at radius 3 is 1.75 bits per heavy atom. The maximum atomic E-state index is 13.2. The zero-order valence-corrected chi connectivity index (χ0v) is 7.40. The highest BCUT2D eigenvalue weighted by molar-refractivity contribution is 5.60. The van der Waals surface area contributed by atoms with E-state index in [0.29, 0.717) is 0 Å². The molecule has 0 bridgehead atoms. The van der Waals surface area contributed by atoms with Crippen molar-refractivity contribution in [3.8, 4) is 11.3 Å². The molecule has 0 saturated heterocycles. The molecule has 0 amide bonds. The lowest BCUT2D eigenvalue weighted by atomic mass is 10.1. The van der Waals surface area contributed by atoms with Gasteiger partial charge in [-0.05, 0) is 0 Å². The largest absolute Gasteiger partial charge is 0.364 e. The van der Waals surface area contributed by atoms with Gasteiger partial charge in [-0.3, -0.25) is 0 Å². The highest BCUT2D eigenvalue weighted by Gasteiger charge is 2.27. The molecule has 1 heterocycles. The predicted molar refractivity (Wildman–Crippen MR) is 41.7 cm³/mol. The van der Waals surface area contributed by atoms with Gasteiger partial charge in [-0.1, -0.05) is 5.16 Å². The molecule has 84 valence electrons. The molecule has 0 aliphatic heterocycles. The molecular formula is C9H2F5NO. The fourth-order valence-corrected chi connectivity index (χ4v) is 1.17. The first-order chi connectivity index (χ1) is 7.54. The van der Waals surface area contributed by atoms with Crippen molar-refractivity contribution >= 4 is 0 Å². The van der Waals surface area contributed by atoms with Crippen LogP contribution in [0, 0.1) is 29.1 Å². The Kier molecular flexibility index (Phi) is 2.37. The lowest BCUT2D eigenvalue weighted by Crippen LogP contribution is -2.04. The molecule has 0 spiro atoms.